The van der Waals surface area contributed by atoms with E-state index in [2.05, 4.69) is 4.98 Å². The molecule has 2 amide bonds. The molecule has 6 heteroatoms. The maximum Gasteiger partial charge on any atom is 0.319 e. The van der Waals surface area contributed by atoms with Gasteiger partial charge in [-0.25, -0.2) is 4.79 Å². The Hall–Kier alpha value is -1.43. The Labute approximate surface area is 123 Å². The minimum absolute atomic E-state index is 0.104. The van der Waals surface area contributed by atoms with Gasteiger partial charge in [-0.05, 0) is 12.1 Å². The number of amides is 2. The Balaban J connectivity index is 1.53. The molecule has 0 aliphatic carbocycles. The van der Waals surface area contributed by atoms with Crippen molar-refractivity contribution in [3.05, 3.63) is 24.5 Å². The van der Waals surface area contributed by atoms with Gasteiger partial charge >= 0.3 is 6.03 Å². The first-order valence-electron chi connectivity index (χ1n) is 6.75. The smallest absolute Gasteiger partial charge is 0.319 e. The number of rotatable bonds is 2. The van der Waals surface area contributed by atoms with Crippen molar-refractivity contribution in [3.8, 4) is 5.75 Å². The number of likely N-dealkylation sites (tertiary alicyclic amines) is 1. The highest BCUT2D eigenvalue weighted by Gasteiger charge is 2.51. The Morgan fingerprint density at radius 2 is 2.35 bits per heavy atom. The monoisotopic (exact) mass is 293 g/mol. The summed E-state index contributed by atoms with van der Waals surface area (Å²) in [6.45, 7) is 1.67. The summed E-state index contributed by atoms with van der Waals surface area (Å²) < 4.78 is 6.16. The van der Waals surface area contributed by atoms with Gasteiger partial charge in [-0.2, -0.15) is 0 Å². The topological polar surface area (TPSA) is 45.7 Å². The maximum atomic E-state index is 11.8. The van der Waals surface area contributed by atoms with E-state index in [0.717, 1.165) is 31.0 Å². The van der Waals surface area contributed by atoms with E-state index in [1.807, 2.05) is 28.8 Å². The Morgan fingerprint density at radius 1 is 1.55 bits per heavy atom. The van der Waals surface area contributed by atoms with E-state index in [9.17, 15) is 4.79 Å². The van der Waals surface area contributed by atoms with Crippen LogP contribution < -0.4 is 4.74 Å². The molecule has 0 radical (unpaired) electrons. The number of pyridine rings is 1. The van der Waals surface area contributed by atoms with E-state index in [1.54, 1.807) is 31.4 Å². The highest BCUT2D eigenvalue weighted by Crippen LogP contribution is 2.46. The minimum Gasteiger partial charge on any atom is -0.488 e. The standard InChI is InChI=1S/C14H19N3O2S/c1-16(2)13(18)17-9-14(10-17)6-12(8-20-14)19-11-4-3-5-15-7-11/h3-5,7,12H,6,8-10H2,1-2H3. The molecule has 1 aromatic rings. The number of nitrogens with zero attached hydrogens (tertiary/aromatic N) is 3. The van der Waals surface area contributed by atoms with Crippen LogP contribution in [-0.2, 0) is 0 Å². The van der Waals surface area contributed by atoms with Crippen molar-refractivity contribution in [2.45, 2.75) is 17.3 Å². The van der Waals surface area contributed by atoms with Gasteiger partial charge in [0.15, 0.2) is 0 Å². The average molecular weight is 293 g/mol. The Morgan fingerprint density at radius 3 is 3.00 bits per heavy atom. The number of carbonyl (C=O) groups is 1. The fraction of sp³-hybridized carbons (Fsp3) is 0.571. The molecule has 20 heavy (non-hydrogen) atoms. The molecule has 1 atom stereocenters. The van der Waals surface area contributed by atoms with Gasteiger partial charge in [-0.15, -0.1) is 11.8 Å². The third kappa shape index (κ3) is 2.57. The Kier molecular flexibility index (Phi) is 3.50. The molecule has 1 spiro atoms. The number of thioether (sulfide) groups is 1. The first kappa shape index (κ1) is 13.5. The number of ether oxygens (including phenoxy) is 1. The lowest BCUT2D eigenvalue weighted by atomic mass is 9.93. The molecule has 5 nitrogen and oxygen atoms in total. The molecule has 108 valence electrons. The Bertz CT molecular complexity index is 488. The van der Waals surface area contributed by atoms with Crippen LogP contribution in [0, 0.1) is 0 Å². The van der Waals surface area contributed by atoms with E-state index < -0.39 is 0 Å². The lowest BCUT2D eigenvalue weighted by Gasteiger charge is -2.48. The van der Waals surface area contributed by atoms with Gasteiger partial charge in [0.1, 0.15) is 11.9 Å². The first-order chi connectivity index (χ1) is 9.58. The molecule has 2 fully saturated rings. The molecular weight excluding hydrogens is 274 g/mol. The number of carbonyl (C=O) groups excluding carboxylic acids is 1. The van der Waals surface area contributed by atoms with E-state index in [-0.39, 0.29) is 16.9 Å². The molecule has 0 saturated carbocycles. The largest absolute Gasteiger partial charge is 0.488 e. The molecule has 0 aromatic carbocycles. The predicted octanol–water partition coefficient (Wildman–Crippen LogP) is 1.70. The molecule has 1 aromatic heterocycles. The van der Waals surface area contributed by atoms with Crippen molar-refractivity contribution in [1.82, 2.24) is 14.8 Å². The fourth-order valence-electron chi connectivity index (χ4n) is 2.78. The van der Waals surface area contributed by atoms with Gasteiger partial charge in [0.05, 0.1) is 10.9 Å². The second-order valence-corrected chi connectivity index (χ2v) is 7.15. The number of hydrogen-bond acceptors (Lipinski definition) is 4. The van der Waals surface area contributed by atoms with Crippen LogP contribution in [-0.4, -0.2) is 64.6 Å². The summed E-state index contributed by atoms with van der Waals surface area (Å²) in [4.78, 5) is 19.4. The molecule has 2 aliphatic rings. The van der Waals surface area contributed by atoms with Crippen LogP contribution in [0.15, 0.2) is 24.5 Å². The fourth-order valence-corrected chi connectivity index (χ4v) is 4.30. The molecule has 0 N–H and O–H groups in total. The van der Waals surface area contributed by atoms with Crippen molar-refractivity contribution in [1.29, 1.82) is 0 Å². The normalized spacial score (nSPS) is 23.5. The lowest BCUT2D eigenvalue weighted by Crippen LogP contribution is -2.62. The second kappa shape index (κ2) is 5.16. The molecule has 3 heterocycles. The second-order valence-electron chi connectivity index (χ2n) is 5.66. The minimum atomic E-state index is 0.104. The van der Waals surface area contributed by atoms with E-state index in [0.29, 0.717) is 0 Å². The van der Waals surface area contributed by atoms with E-state index >= 15 is 0 Å². The molecular formula is C14H19N3O2S. The summed E-state index contributed by atoms with van der Waals surface area (Å²) in [6.07, 6.45) is 4.72. The van der Waals surface area contributed by atoms with Gasteiger partial charge in [0.2, 0.25) is 0 Å². The van der Waals surface area contributed by atoms with Crippen LogP contribution in [0.3, 0.4) is 0 Å². The molecule has 2 aliphatic heterocycles. The van der Waals surface area contributed by atoms with Crippen LogP contribution in [0.2, 0.25) is 0 Å². The van der Waals surface area contributed by atoms with Crippen LogP contribution in [0.5, 0.6) is 5.75 Å². The van der Waals surface area contributed by atoms with Crippen LogP contribution in [0.1, 0.15) is 6.42 Å². The summed E-state index contributed by atoms with van der Waals surface area (Å²) >= 11 is 1.93. The van der Waals surface area contributed by atoms with Crippen LogP contribution in [0.25, 0.3) is 0 Å². The van der Waals surface area contributed by atoms with Gasteiger partial charge in [-0.1, -0.05) is 0 Å². The highest BCUT2D eigenvalue weighted by molar-refractivity contribution is 8.01. The zero-order valence-corrected chi connectivity index (χ0v) is 12.6. The van der Waals surface area contributed by atoms with Crippen LogP contribution >= 0.6 is 11.8 Å². The van der Waals surface area contributed by atoms with Crippen molar-refractivity contribution >= 4 is 17.8 Å². The predicted molar refractivity (Wildman–Crippen MR) is 79.1 cm³/mol. The zero-order chi connectivity index (χ0) is 14.2. The summed E-state index contributed by atoms with van der Waals surface area (Å²) in [7, 11) is 3.59. The van der Waals surface area contributed by atoms with Gasteiger partial charge in [0, 0.05) is 45.6 Å². The van der Waals surface area contributed by atoms with E-state index in [4.69, 9.17) is 4.74 Å². The van der Waals surface area contributed by atoms with Crippen molar-refractivity contribution in [2.75, 3.05) is 32.9 Å². The van der Waals surface area contributed by atoms with Crippen molar-refractivity contribution < 1.29 is 9.53 Å². The molecule has 2 saturated heterocycles. The number of hydrogen-bond donors (Lipinski definition) is 0. The summed E-state index contributed by atoms with van der Waals surface area (Å²) in [5, 5.41) is 0. The highest BCUT2D eigenvalue weighted by atomic mass is 32.2. The first-order valence-corrected chi connectivity index (χ1v) is 7.73. The van der Waals surface area contributed by atoms with E-state index in [1.165, 1.54) is 0 Å². The van der Waals surface area contributed by atoms with Crippen molar-refractivity contribution in [2.24, 2.45) is 0 Å². The third-order valence-corrected chi connectivity index (χ3v) is 5.30. The number of aromatic nitrogens is 1. The quantitative estimate of drug-likeness (QED) is 0.832. The van der Waals surface area contributed by atoms with Gasteiger partial charge in [0.25, 0.3) is 0 Å². The third-order valence-electron chi connectivity index (χ3n) is 3.72. The lowest BCUT2D eigenvalue weighted by molar-refractivity contribution is 0.0995. The molecule has 3 rings (SSSR count). The van der Waals surface area contributed by atoms with Crippen LogP contribution in [0.4, 0.5) is 4.79 Å². The number of urea groups is 1. The summed E-state index contributed by atoms with van der Waals surface area (Å²) in [5.74, 6) is 1.81. The maximum absolute atomic E-state index is 11.8. The molecule has 1 unspecified atom stereocenters. The summed E-state index contributed by atoms with van der Waals surface area (Å²) in [5.41, 5.74) is 0. The average Bonchev–Trinajstić information content (AvgIpc) is 2.81. The van der Waals surface area contributed by atoms with Gasteiger partial charge < -0.3 is 14.5 Å². The molecule has 0 bridgehead atoms. The van der Waals surface area contributed by atoms with Gasteiger partial charge in [-0.3, -0.25) is 4.98 Å². The summed E-state index contributed by atoms with van der Waals surface area (Å²) in [6, 6.07) is 3.92. The zero-order valence-electron chi connectivity index (χ0n) is 11.8. The van der Waals surface area contributed by atoms with Crippen molar-refractivity contribution in [3.63, 3.8) is 0 Å². The SMILES string of the molecule is CN(C)C(=O)N1CC2(CC(Oc3cccnc3)CS2)C1.